The number of hydrogen-bond acceptors (Lipinski definition) is 4. The number of anilines is 1. The number of nitrogen functional groups attached to an aromatic ring is 1. The number of carboxylic acid groups (broad SMARTS) is 1. The number of nitrogens with two attached hydrogens (primary N) is 1. The lowest BCUT2D eigenvalue weighted by molar-refractivity contribution is -0.137. The molecule has 102 valence electrons. The second kappa shape index (κ2) is 4.09. The van der Waals surface area contributed by atoms with Crippen LogP contribution in [0.5, 0.6) is 0 Å². The Kier molecular flexibility index (Phi) is 2.50. The third-order valence-corrected chi connectivity index (χ3v) is 3.28. The van der Waals surface area contributed by atoms with Gasteiger partial charge in [-0.2, -0.15) is 5.10 Å². The van der Waals surface area contributed by atoms with Crippen LogP contribution in [-0.4, -0.2) is 25.4 Å². The number of aryl methyl sites for hydroxylation is 1. The van der Waals surface area contributed by atoms with Crippen LogP contribution < -0.4 is 11.3 Å². The standard InChI is InChI=1S/C13H12N4O3/c1-16-11-7-4-2-3-5-8(7)17(6-9(18)19)13(20)10(11)12(14)15-16/h2-5H,6H2,1H3,(H2,14,15)(H,18,19). The molecule has 0 unspecified atom stereocenters. The molecule has 0 aliphatic rings. The van der Waals surface area contributed by atoms with Crippen molar-refractivity contribution < 1.29 is 9.90 Å². The van der Waals surface area contributed by atoms with Crippen LogP contribution in [0.15, 0.2) is 29.1 Å². The topological polar surface area (TPSA) is 103 Å². The number of carbonyl (C=O) groups is 1. The molecule has 0 saturated carbocycles. The van der Waals surface area contributed by atoms with Crippen LogP contribution in [0.25, 0.3) is 21.8 Å². The number of hydrogen-bond donors (Lipinski definition) is 2. The predicted molar refractivity (Wildman–Crippen MR) is 74.5 cm³/mol. The Labute approximate surface area is 112 Å². The smallest absolute Gasteiger partial charge is 0.323 e. The average Bonchev–Trinajstić information content (AvgIpc) is 2.69. The molecule has 3 rings (SSSR count). The number of benzene rings is 1. The van der Waals surface area contributed by atoms with Gasteiger partial charge in [0, 0.05) is 12.4 Å². The van der Waals surface area contributed by atoms with E-state index in [-0.39, 0.29) is 11.2 Å². The highest BCUT2D eigenvalue weighted by molar-refractivity contribution is 6.07. The maximum atomic E-state index is 12.5. The first-order chi connectivity index (χ1) is 9.50. The fourth-order valence-corrected chi connectivity index (χ4v) is 2.51. The van der Waals surface area contributed by atoms with Gasteiger partial charge in [-0.25, -0.2) is 0 Å². The zero-order chi connectivity index (χ0) is 14.4. The third kappa shape index (κ3) is 1.56. The van der Waals surface area contributed by atoms with E-state index in [1.54, 1.807) is 23.9 Å². The van der Waals surface area contributed by atoms with Gasteiger partial charge in [0.1, 0.15) is 11.9 Å². The maximum absolute atomic E-state index is 12.5. The summed E-state index contributed by atoms with van der Waals surface area (Å²) in [6.45, 7) is -0.413. The predicted octanol–water partition coefficient (Wildman–Crippen LogP) is 0.555. The van der Waals surface area contributed by atoms with Gasteiger partial charge < -0.3 is 10.8 Å². The van der Waals surface area contributed by atoms with Gasteiger partial charge in [-0.15, -0.1) is 0 Å². The number of aromatic nitrogens is 3. The zero-order valence-electron chi connectivity index (χ0n) is 10.7. The van der Waals surface area contributed by atoms with Gasteiger partial charge in [0.25, 0.3) is 5.56 Å². The van der Waals surface area contributed by atoms with E-state index in [1.165, 1.54) is 4.57 Å². The number of para-hydroxylation sites is 1. The fraction of sp³-hybridized carbons (Fsp3) is 0.154. The summed E-state index contributed by atoms with van der Waals surface area (Å²) < 4.78 is 2.75. The van der Waals surface area contributed by atoms with Gasteiger partial charge in [0.15, 0.2) is 5.82 Å². The Morgan fingerprint density at radius 1 is 1.40 bits per heavy atom. The first-order valence-electron chi connectivity index (χ1n) is 5.96. The van der Waals surface area contributed by atoms with Crippen LogP contribution >= 0.6 is 0 Å². The molecule has 0 atom stereocenters. The Morgan fingerprint density at radius 2 is 2.10 bits per heavy atom. The molecule has 2 aromatic heterocycles. The average molecular weight is 272 g/mol. The second-order valence-corrected chi connectivity index (χ2v) is 4.53. The molecule has 0 aliphatic heterocycles. The minimum Gasteiger partial charge on any atom is -0.480 e. The summed E-state index contributed by atoms with van der Waals surface area (Å²) in [7, 11) is 1.70. The van der Waals surface area contributed by atoms with Crippen LogP contribution in [0.4, 0.5) is 5.82 Å². The van der Waals surface area contributed by atoms with Crippen molar-refractivity contribution in [2.45, 2.75) is 6.54 Å². The molecule has 0 bridgehead atoms. The molecule has 0 aliphatic carbocycles. The van der Waals surface area contributed by atoms with Gasteiger partial charge in [-0.3, -0.25) is 18.8 Å². The molecule has 0 saturated heterocycles. The molecule has 0 radical (unpaired) electrons. The van der Waals surface area contributed by atoms with Crippen molar-refractivity contribution in [2.24, 2.45) is 7.05 Å². The number of aliphatic carboxylic acids is 1. The minimum atomic E-state index is -1.08. The first-order valence-corrected chi connectivity index (χ1v) is 5.96. The quantitative estimate of drug-likeness (QED) is 0.709. The van der Waals surface area contributed by atoms with E-state index in [0.717, 1.165) is 5.39 Å². The van der Waals surface area contributed by atoms with E-state index in [0.29, 0.717) is 11.0 Å². The van der Waals surface area contributed by atoms with Crippen LogP contribution in [0.2, 0.25) is 0 Å². The normalized spacial score (nSPS) is 11.2. The number of fused-ring (bicyclic) bond motifs is 3. The third-order valence-electron chi connectivity index (χ3n) is 3.28. The van der Waals surface area contributed by atoms with Gasteiger partial charge >= 0.3 is 5.97 Å². The highest BCUT2D eigenvalue weighted by Crippen LogP contribution is 2.25. The molecular weight excluding hydrogens is 260 g/mol. The van der Waals surface area contributed by atoms with E-state index in [1.807, 2.05) is 12.1 Å². The van der Waals surface area contributed by atoms with E-state index in [2.05, 4.69) is 5.10 Å². The van der Waals surface area contributed by atoms with Crippen LogP contribution in [0, 0.1) is 0 Å². The Hall–Kier alpha value is -2.83. The molecular formula is C13H12N4O3. The molecule has 3 N–H and O–H groups in total. The molecule has 3 aromatic rings. The van der Waals surface area contributed by atoms with Gasteiger partial charge in [-0.05, 0) is 6.07 Å². The van der Waals surface area contributed by atoms with Crippen molar-refractivity contribution >= 4 is 33.6 Å². The summed E-state index contributed by atoms with van der Waals surface area (Å²) >= 11 is 0. The molecule has 0 fully saturated rings. The van der Waals surface area contributed by atoms with Crippen molar-refractivity contribution in [3.63, 3.8) is 0 Å². The lowest BCUT2D eigenvalue weighted by Gasteiger charge is -2.09. The van der Waals surface area contributed by atoms with Crippen LogP contribution in [0.3, 0.4) is 0 Å². The number of carboxylic acids is 1. The van der Waals surface area contributed by atoms with E-state index in [9.17, 15) is 9.59 Å². The van der Waals surface area contributed by atoms with Crippen molar-refractivity contribution in [3.8, 4) is 0 Å². The van der Waals surface area contributed by atoms with Crippen molar-refractivity contribution in [2.75, 3.05) is 5.73 Å². The SMILES string of the molecule is Cn1nc(N)c2c(=O)n(CC(=O)O)c3ccccc3c21. The van der Waals surface area contributed by atoms with Crippen molar-refractivity contribution in [3.05, 3.63) is 34.6 Å². The molecule has 0 amide bonds. The number of nitrogens with zero attached hydrogens (tertiary/aromatic N) is 3. The minimum absolute atomic E-state index is 0.109. The lowest BCUT2D eigenvalue weighted by atomic mass is 10.1. The summed E-state index contributed by atoms with van der Waals surface area (Å²) in [5, 5.41) is 14.0. The summed E-state index contributed by atoms with van der Waals surface area (Å²) in [6.07, 6.45) is 0. The zero-order valence-corrected chi connectivity index (χ0v) is 10.7. The molecule has 7 nitrogen and oxygen atoms in total. The van der Waals surface area contributed by atoms with E-state index in [4.69, 9.17) is 10.8 Å². The highest BCUT2D eigenvalue weighted by atomic mass is 16.4. The Bertz CT molecular complexity index is 907. The van der Waals surface area contributed by atoms with Gasteiger partial charge in [-0.1, -0.05) is 18.2 Å². The van der Waals surface area contributed by atoms with E-state index >= 15 is 0 Å². The van der Waals surface area contributed by atoms with Gasteiger partial charge in [0.2, 0.25) is 0 Å². The van der Waals surface area contributed by atoms with E-state index < -0.39 is 18.1 Å². The number of pyridine rings is 1. The summed E-state index contributed by atoms with van der Waals surface area (Å²) in [6, 6.07) is 7.10. The van der Waals surface area contributed by atoms with Crippen molar-refractivity contribution in [1.82, 2.24) is 14.3 Å². The summed E-state index contributed by atoms with van der Waals surface area (Å²) in [5.41, 5.74) is 6.50. The monoisotopic (exact) mass is 272 g/mol. The number of rotatable bonds is 2. The van der Waals surface area contributed by atoms with Crippen LogP contribution in [0.1, 0.15) is 0 Å². The summed E-state index contributed by atoms with van der Waals surface area (Å²) in [5.74, 6) is -0.976. The molecule has 2 heterocycles. The van der Waals surface area contributed by atoms with Crippen LogP contribution in [-0.2, 0) is 18.4 Å². The molecule has 1 aromatic carbocycles. The molecule has 0 spiro atoms. The summed E-state index contributed by atoms with van der Waals surface area (Å²) in [4.78, 5) is 23.5. The highest BCUT2D eigenvalue weighted by Gasteiger charge is 2.18. The fourth-order valence-electron chi connectivity index (χ4n) is 2.51. The largest absolute Gasteiger partial charge is 0.480 e. The molecule has 7 heteroatoms. The Balaban J connectivity index is 2.60. The first kappa shape index (κ1) is 12.2. The lowest BCUT2D eigenvalue weighted by Crippen LogP contribution is -2.25. The Morgan fingerprint density at radius 3 is 2.80 bits per heavy atom. The molecule has 20 heavy (non-hydrogen) atoms. The second-order valence-electron chi connectivity index (χ2n) is 4.53. The van der Waals surface area contributed by atoms with Gasteiger partial charge in [0.05, 0.1) is 11.0 Å². The van der Waals surface area contributed by atoms with Crippen molar-refractivity contribution in [1.29, 1.82) is 0 Å². The maximum Gasteiger partial charge on any atom is 0.323 e.